The Morgan fingerprint density at radius 1 is 0.880 bits per heavy atom. The third kappa shape index (κ3) is 3.94. The molecule has 25 heavy (non-hydrogen) atoms. The molecule has 1 aromatic heterocycles. The Labute approximate surface area is 148 Å². The summed E-state index contributed by atoms with van der Waals surface area (Å²) in [5.41, 5.74) is 2.43. The van der Waals surface area contributed by atoms with Crippen LogP contribution in [-0.4, -0.2) is 10.9 Å². The van der Waals surface area contributed by atoms with Gasteiger partial charge in [-0.1, -0.05) is 66.7 Å². The highest BCUT2D eigenvalue weighted by Gasteiger charge is 2.29. The van der Waals surface area contributed by atoms with Crippen LogP contribution in [-0.2, 0) is 10.3 Å². The third-order valence-electron chi connectivity index (χ3n) is 4.35. The molecular formula is C22H22N2O. The van der Waals surface area contributed by atoms with Gasteiger partial charge in [0.1, 0.15) is 0 Å². The monoisotopic (exact) mass is 330 g/mol. The number of carbonyl (C=O) groups excluding carboxylic acids is 1. The number of hydrogen-bond acceptors (Lipinski definition) is 2. The highest BCUT2D eigenvalue weighted by atomic mass is 16.2. The van der Waals surface area contributed by atoms with Crippen molar-refractivity contribution in [3.63, 3.8) is 0 Å². The van der Waals surface area contributed by atoms with Crippen LogP contribution < -0.4 is 5.32 Å². The van der Waals surface area contributed by atoms with Gasteiger partial charge in [-0.05, 0) is 36.6 Å². The Balaban J connectivity index is 1.93. The molecule has 3 rings (SSSR count). The second-order valence-corrected chi connectivity index (χ2v) is 6.61. The van der Waals surface area contributed by atoms with E-state index in [9.17, 15) is 4.79 Å². The standard InChI is InChI=1S/C22H22N2O/c1-22(2,19-14-9-15-23-16-19)24-21(25)20(17-10-5-3-6-11-17)18-12-7-4-8-13-18/h3-16,20H,1-2H3,(H,24,25). The van der Waals surface area contributed by atoms with Gasteiger partial charge in [0.2, 0.25) is 5.91 Å². The molecule has 0 atom stereocenters. The zero-order valence-corrected chi connectivity index (χ0v) is 14.5. The van der Waals surface area contributed by atoms with Gasteiger partial charge >= 0.3 is 0 Å². The molecule has 0 unspecified atom stereocenters. The van der Waals surface area contributed by atoms with Gasteiger partial charge in [-0.25, -0.2) is 0 Å². The van der Waals surface area contributed by atoms with Gasteiger partial charge in [0.25, 0.3) is 0 Å². The predicted octanol–water partition coefficient (Wildman–Crippen LogP) is 4.27. The Bertz CT molecular complexity index is 775. The van der Waals surface area contributed by atoms with E-state index in [0.29, 0.717) is 0 Å². The van der Waals surface area contributed by atoms with Gasteiger partial charge in [-0.15, -0.1) is 0 Å². The minimum absolute atomic E-state index is 0.0220. The van der Waals surface area contributed by atoms with Crippen molar-refractivity contribution in [1.82, 2.24) is 10.3 Å². The maximum absolute atomic E-state index is 13.2. The summed E-state index contributed by atoms with van der Waals surface area (Å²) in [4.78, 5) is 17.4. The Hall–Kier alpha value is -2.94. The Kier molecular flexibility index (Phi) is 4.94. The van der Waals surface area contributed by atoms with Crippen LogP contribution >= 0.6 is 0 Å². The van der Waals surface area contributed by atoms with E-state index in [1.807, 2.05) is 86.6 Å². The van der Waals surface area contributed by atoms with E-state index in [1.165, 1.54) is 0 Å². The van der Waals surface area contributed by atoms with Crippen molar-refractivity contribution in [2.24, 2.45) is 0 Å². The van der Waals surface area contributed by atoms with Crippen LogP contribution in [0.25, 0.3) is 0 Å². The van der Waals surface area contributed by atoms with Gasteiger partial charge in [0, 0.05) is 12.4 Å². The second-order valence-electron chi connectivity index (χ2n) is 6.61. The molecule has 0 spiro atoms. The lowest BCUT2D eigenvalue weighted by molar-refractivity contribution is -0.123. The molecule has 0 saturated heterocycles. The van der Waals surface area contributed by atoms with E-state index in [-0.39, 0.29) is 11.8 Å². The molecule has 0 saturated carbocycles. The number of rotatable bonds is 5. The third-order valence-corrected chi connectivity index (χ3v) is 4.35. The minimum atomic E-state index is -0.507. The lowest BCUT2D eigenvalue weighted by atomic mass is 9.88. The van der Waals surface area contributed by atoms with Crippen LogP contribution in [0.5, 0.6) is 0 Å². The second kappa shape index (κ2) is 7.31. The highest BCUT2D eigenvalue weighted by Crippen LogP contribution is 2.27. The maximum Gasteiger partial charge on any atom is 0.232 e. The first kappa shape index (κ1) is 16.9. The number of pyridine rings is 1. The Morgan fingerprint density at radius 2 is 1.44 bits per heavy atom. The first-order valence-corrected chi connectivity index (χ1v) is 8.40. The van der Waals surface area contributed by atoms with E-state index in [4.69, 9.17) is 0 Å². The molecule has 0 fully saturated rings. The number of benzene rings is 2. The first-order valence-electron chi connectivity index (χ1n) is 8.40. The molecule has 2 aromatic carbocycles. The van der Waals surface area contributed by atoms with E-state index in [2.05, 4.69) is 10.3 Å². The number of hydrogen-bond donors (Lipinski definition) is 1. The lowest BCUT2D eigenvalue weighted by Crippen LogP contribution is -2.43. The molecule has 0 bridgehead atoms. The van der Waals surface area contributed by atoms with E-state index >= 15 is 0 Å². The molecule has 1 heterocycles. The summed E-state index contributed by atoms with van der Waals surface area (Å²) in [6, 6.07) is 23.6. The summed E-state index contributed by atoms with van der Waals surface area (Å²) in [5.74, 6) is -0.371. The number of nitrogens with one attached hydrogen (secondary N) is 1. The summed E-state index contributed by atoms with van der Waals surface area (Å²) in [7, 11) is 0. The number of amides is 1. The van der Waals surface area contributed by atoms with Crippen LogP contribution in [0, 0.1) is 0 Å². The van der Waals surface area contributed by atoms with Gasteiger partial charge in [-0.2, -0.15) is 0 Å². The minimum Gasteiger partial charge on any atom is -0.346 e. The van der Waals surface area contributed by atoms with E-state index in [0.717, 1.165) is 16.7 Å². The molecular weight excluding hydrogens is 308 g/mol. The average molecular weight is 330 g/mol. The lowest BCUT2D eigenvalue weighted by Gasteiger charge is -2.29. The zero-order chi connectivity index (χ0) is 17.7. The SMILES string of the molecule is CC(C)(NC(=O)C(c1ccccc1)c1ccccc1)c1cccnc1. The van der Waals surface area contributed by atoms with Crippen molar-refractivity contribution < 1.29 is 4.79 Å². The fourth-order valence-corrected chi connectivity index (χ4v) is 2.97. The molecule has 126 valence electrons. The summed E-state index contributed by atoms with van der Waals surface area (Å²) >= 11 is 0. The molecule has 0 aliphatic rings. The summed E-state index contributed by atoms with van der Waals surface area (Å²) < 4.78 is 0. The predicted molar refractivity (Wildman–Crippen MR) is 100 cm³/mol. The normalized spacial score (nSPS) is 11.3. The number of carbonyl (C=O) groups is 1. The molecule has 0 radical (unpaired) electrons. The van der Waals surface area contributed by atoms with Gasteiger partial charge < -0.3 is 5.32 Å². The molecule has 3 aromatic rings. The number of nitrogens with zero attached hydrogens (tertiary/aromatic N) is 1. The quantitative estimate of drug-likeness (QED) is 0.759. The van der Waals surface area contributed by atoms with Gasteiger partial charge in [0.15, 0.2) is 0 Å². The fourth-order valence-electron chi connectivity index (χ4n) is 2.97. The van der Waals surface area contributed by atoms with Crippen molar-refractivity contribution in [2.75, 3.05) is 0 Å². The Morgan fingerprint density at radius 3 is 1.92 bits per heavy atom. The molecule has 1 amide bonds. The fraction of sp³-hybridized carbons (Fsp3) is 0.182. The average Bonchev–Trinajstić information content (AvgIpc) is 2.64. The first-order chi connectivity index (χ1) is 12.1. The van der Waals surface area contributed by atoms with Crippen molar-refractivity contribution in [2.45, 2.75) is 25.3 Å². The zero-order valence-electron chi connectivity index (χ0n) is 14.5. The molecule has 3 nitrogen and oxygen atoms in total. The smallest absolute Gasteiger partial charge is 0.232 e. The van der Waals surface area contributed by atoms with E-state index < -0.39 is 5.54 Å². The molecule has 0 aliphatic carbocycles. The summed E-state index contributed by atoms with van der Waals surface area (Å²) in [5, 5.41) is 3.19. The van der Waals surface area contributed by atoms with Crippen molar-refractivity contribution in [1.29, 1.82) is 0 Å². The van der Waals surface area contributed by atoms with Crippen LogP contribution in [0.2, 0.25) is 0 Å². The molecule has 0 aliphatic heterocycles. The van der Waals surface area contributed by atoms with Gasteiger partial charge in [0.05, 0.1) is 11.5 Å². The molecule has 1 N–H and O–H groups in total. The van der Waals surface area contributed by atoms with Crippen LogP contribution in [0.15, 0.2) is 85.2 Å². The van der Waals surface area contributed by atoms with Crippen LogP contribution in [0.3, 0.4) is 0 Å². The number of aromatic nitrogens is 1. The molecule has 3 heteroatoms. The topological polar surface area (TPSA) is 42.0 Å². The van der Waals surface area contributed by atoms with E-state index in [1.54, 1.807) is 12.4 Å². The van der Waals surface area contributed by atoms with Crippen LogP contribution in [0.4, 0.5) is 0 Å². The largest absolute Gasteiger partial charge is 0.346 e. The van der Waals surface area contributed by atoms with Crippen molar-refractivity contribution in [3.8, 4) is 0 Å². The maximum atomic E-state index is 13.2. The van der Waals surface area contributed by atoms with Crippen molar-refractivity contribution >= 4 is 5.91 Å². The van der Waals surface area contributed by atoms with Gasteiger partial charge in [-0.3, -0.25) is 9.78 Å². The highest BCUT2D eigenvalue weighted by molar-refractivity contribution is 5.87. The summed E-state index contributed by atoms with van der Waals surface area (Å²) in [6.45, 7) is 3.99. The summed E-state index contributed by atoms with van der Waals surface area (Å²) in [6.07, 6.45) is 3.53. The van der Waals surface area contributed by atoms with Crippen molar-refractivity contribution in [3.05, 3.63) is 102 Å². The van der Waals surface area contributed by atoms with Crippen LogP contribution in [0.1, 0.15) is 36.5 Å².